The highest BCUT2D eigenvalue weighted by molar-refractivity contribution is 6.17. The lowest BCUT2D eigenvalue weighted by Gasteiger charge is -2.11. The summed E-state index contributed by atoms with van der Waals surface area (Å²) >= 11 is 0. The van der Waals surface area contributed by atoms with E-state index in [-0.39, 0.29) is 0 Å². The zero-order chi connectivity index (χ0) is 20.9. The Balaban J connectivity index is 1.51. The van der Waals surface area contributed by atoms with Crippen LogP contribution in [-0.4, -0.2) is 16.2 Å². The van der Waals surface area contributed by atoms with Gasteiger partial charge in [-0.3, -0.25) is 4.98 Å². The van der Waals surface area contributed by atoms with Crippen molar-refractivity contribution < 1.29 is 4.74 Å². The molecule has 0 amide bonds. The molecular formula is C24H21N5O. The predicted molar refractivity (Wildman–Crippen MR) is 121 cm³/mol. The van der Waals surface area contributed by atoms with E-state index in [0.717, 1.165) is 27.7 Å². The molecule has 0 fully saturated rings. The summed E-state index contributed by atoms with van der Waals surface area (Å²) < 4.78 is 5.87. The first-order valence-corrected chi connectivity index (χ1v) is 9.43. The number of fused-ring (bicyclic) bond motifs is 1. The Kier molecular flexibility index (Phi) is 5.39. The number of rotatable bonds is 6. The molecule has 2 heterocycles. The van der Waals surface area contributed by atoms with E-state index in [9.17, 15) is 0 Å². The van der Waals surface area contributed by atoms with Gasteiger partial charge in [0.05, 0.1) is 11.2 Å². The molecule has 30 heavy (non-hydrogen) atoms. The van der Waals surface area contributed by atoms with E-state index in [4.69, 9.17) is 21.6 Å². The molecule has 2 aromatic carbocycles. The highest BCUT2D eigenvalue weighted by atomic mass is 16.5. The van der Waals surface area contributed by atoms with Crippen LogP contribution in [0.1, 0.15) is 16.8 Å². The number of benzene rings is 2. The van der Waals surface area contributed by atoms with Crippen LogP contribution in [0.3, 0.4) is 0 Å². The van der Waals surface area contributed by atoms with Crippen LogP contribution in [0.15, 0.2) is 79.1 Å². The van der Waals surface area contributed by atoms with Crippen LogP contribution in [0.4, 0.5) is 5.69 Å². The molecule has 0 spiro atoms. The van der Waals surface area contributed by atoms with Crippen molar-refractivity contribution in [2.24, 2.45) is 5.73 Å². The number of nitrogen functional groups attached to an aromatic ring is 1. The van der Waals surface area contributed by atoms with Crippen LogP contribution in [-0.2, 0) is 6.61 Å². The van der Waals surface area contributed by atoms with E-state index < -0.39 is 0 Å². The van der Waals surface area contributed by atoms with Crippen LogP contribution in [0, 0.1) is 5.41 Å². The molecule has 148 valence electrons. The van der Waals surface area contributed by atoms with Gasteiger partial charge in [-0.25, -0.2) is 4.98 Å². The van der Waals surface area contributed by atoms with Crippen molar-refractivity contribution in [2.45, 2.75) is 6.61 Å². The number of nitrogens with two attached hydrogens (primary N) is 2. The SMILES string of the molecule is N=CC(=C(N)c1ccc(OCc2cc(N)c3ccccc3n2)cc1)c1ccncc1. The Morgan fingerprint density at radius 2 is 1.70 bits per heavy atom. The number of hydrogen-bond donors (Lipinski definition) is 3. The fraction of sp³-hybridized carbons (Fsp3) is 0.0417. The van der Waals surface area contributed by atoms with Crippen LogP contribution in [0.25, 0.3) is 22.2 Å². The van der Waals surface area contributed by atoms with E-state index in [2.05, 4.69) is 9.97 Å². The Hall–Kier alpha value is -4.19. The van der Waals surface area contributed by atoms with Crippen molar-refractivity contribution >= 4 is 34.1 Å². The minimum atomic E-state index is 0.308. The summed E-state index contributed by atoms with van der Waals surface area (Å²) in [5, 5.41) is 8.66. The molecule has 0 aliphatic rings. The summed E-state index contributed by atoms with van der Waals surface area (Å²) in [6, 6.07) is 20.7. The Bertz CT molecular complexity index is 1220. The van der Waals surface area contributed by atoms with E-state index in [1.807, 2.05) is 66.7 Å². The third-order valence-electron chi connectivity index (χ3n) is 4.78. The normalized spacial score (nSPS) is 11.7. The molecule has 2 aromatic heterocycles. The zero-order valence-electron chi connectivity index (χ0n) is 16.2. The average Bonchev–Trinajstić information content (AvgIpc) is 2.79. The fourth-order valence-corrected chi connectivity index (χ4v) is 3.22. The van der Waals surface area contributed by atoms with Crippen LogP contribution < -0.4 is 16.2 Å². The van der Waals surface area contributed by atoms with E-state index in [1.165, 1.54) is 6.21 Å². The van der Waals surface area contributed by atoms with Crippen molar-refractivity contribution in [2.75, 3.05) is 5.73 Å². The van der Waals surface area contributed by atoms with Gasteiger partial charge in [0, 0.05) is 41.0 Å². The van der Waals surface area contributed by atoms with Crippen molar-refractivity contribution in [3.8, 4) is 5.75 Å². The van der Waals surface area contributed by atoms with Crippen LogP contribution in [0.2, 0.25) is 0 Å². The lowest BCUT2D eigenvalue weighted by Crippen LogP contribution is -2.03. The number of allylic oxidation sites excluding steroid dienone is 1. The quantitative estimate of drug-likeness (QED) is 0.422. The average molecular weight is 395 g/mol. The smallest absolute Gasteiger partial charge is 0.130 e. The molecule has 0 aliphatic heterocycles. The van der Waals surface area contributed by atoms with Gasteiger partial charge in [0.25, 0.3) is 0 Å². The van der Waals surface area contributed by atoms with Crippen LogP contribution in [0.5, 0.6) is 5.75 Å². The molecular weight excluding hydrogens is 374 g/mol. The zero-order valence-corrected chi connectivity index (χ0v) is 16.2. The molecule has 0 unspecified atom stereocenters. The summed E-state index contributed by atoms with van der Waals surface area (Å²) in [6.07, 6.45) is 4.61. The highest BCUT2D eigenvalue weighted by Gasteiger charge is 2.08. The molecule has 0 saturated heterocycles. The number of nitrogens with one attached hydrogen (secondary N) is 1. The summed E-state index contributed by atoms with van der Waals surface area (Å²) in [5.41, 5.74) is 17.6. The first-order chi connectivity index (χ1) is 14.7. The standard InChI is InChI=1S/C24H21N5O/c25-14-21(16-9-11-28-12-10-16)24(27)17-5-7-19(8-6-17)30-15-18-13-22(26)20-3-1-2-4-23(20)29-18/h1-14,25H,15,27H2,(H2,26,29). The number of nitrogens with zero attached hydrogens (tertiary/aromatic N) is 2. The van der Waals surface area contributed by atoms with Crippen molar-refractivity contribution in [3.63, 3.8) is 0 Å². The number of anilines is 1. The van der Waals surface area contributed by atoms with Crippen molar-refractivity contribution in [1.29, 1.82) is 5.41 Å². The largest absolute Gasteiger partial charge is 0.487 e. The summed E-state index contributed by atoms with van der Waals surface area (Å²) in [6.45, 7) is 0.308. The number of ether oxygens (including phenoxy) is 1. The summed E-state index contributed by atoms with van der Waals surface area (Å²) in [5.74, 6) is 0.695. The molecule has 6 nitrogen and oxygen atoms in total. The number of pyridine rings is 2. The number of para-hydroxylation sites is 1. The van der Waals surface area contributed by atoms with Gasteiger partial charge in [-0.15, -0.1) is 0 Å². The minimum absolute atomic E-state index is 0.308. The van der Waals surface area contributed by atoms with Gasteiger partial charge in [0.1, 0.15) is 12.4 Å². The molecule has 4 rings (SSSR count). The van der Waals surface area contributed by atoms with Gasteiger partial charge < -0.3 is 21.6 Å². The Morgan fingerprint density at radius 1 is 0.967 bits per heavy atom. The third-order valence-corrected chi connectivity index (χ3v) is 4.78. The van der Waals surface area contributed by atoms with Crippen molar-refractivity contribution in [1.82, 2.24) is 9.97 Å². The van der Waals surface area contributed by atoms with Gasteiger partial charge in [-0.2, -0.15) is 0 Å². The Labute approximate surface area is 174 Å². The maximum atomic E-state index is 7.73. The van der Waals surface area contributed by atoms with Gasteiger partial charge in [0.15, 0.2) is 0 Å². The second-order valence-corrected chi connectivity index (χ2v) is 6.74. The minimum Gasteiger partial charge on any atom is -0.487 e. The first kappa shape index (κ1) is 19.1. The molecule has 0 atom stereocenters. The molecule has 0 bridgehead atoms. The van der Waals surface area contributed by atoms with Gasteiger partial charge in [0.2, 0.25) is 0 Å². The van der Waals surface area contributed by atoms with E-state index in [1.54, 1.807) is 12.4 Å². The monoisotopic (exact) mass is 395 g/mol. The molecule has 6 heteroatoms. The lowest BCUT2D eigenvalue weighted by atomic mass is 10.0. The lowest BCUT2D eigenvalue weighted by molar-refractivity contribution is 0.302. The number of aromatic nitrogens is 2. The first-order valence-electron chi connectivity index (χ1n) is 9.43. The molecule has 0 aliphatic carbocycles. The third kappa shape index (κ3) is 3.98. The van der Waals surface area contributed by atoms with E-state index >= 15 is 0 Å². The molecule has 0 saturated carbocycles. The maximum Gasteiger partial charge on any atom is 0.130 e. The fourth-order valence-electron chi connectivity index (χ4n) is 3.22. The predicted octanol–water partition coefficient (Wildman–Crippen LogP) is 4.27. The molecule has 0 radical (unpaired) electrons. The Morgan fingerprint density at radius 3 is 2.43 bits per heavy atom. The highest BCUT2D eigenvalue weighted by Crippen LogP contribution is 2.24. The maximum absolute atomic E-state index is 7.73. The molecule has 5 N–H and O–H groups in total. The van der Waals surface area contributed by atoms with Gasteiger partial charge >= 0.3 is 0 Å². The second-order valence-electron chi connectivity index (χ2n) is 6.74. The summed E-state index contributed by atoms with van der Waals surface area (Å²) in [4.78, 5) is 8.61. The van der Waals surface area contributed by atoms with Gasteiger partial charge in [-0.1, -0.05) is 18.2 Å². The topological polar surface area (TPSA) is 111 Å². The second kappa shape index (κ2) is 8.45. The number of hydrogen-bond acceptors (Lipinski definition) is 6. The molecule has 4 aromatic rings. The van der Waals surface area contributed by atoms with Crippen molar-refractivity contribution in [3.05, 3.63) is 95.9 Å². The van der Waals surface area contributed by atoms with Gasteiger partial charge in [-0.05, 0) is 59.7 Å². The van der Waals surface area contributed by atoms with E-state index in [0.29, 0.717) is 29.3 Å². The summed E-state index contributed by atoms with van der Waals surface area (Å²) in [7, 11) is 0. The van der Waals surface area contributed by atoms with Crippen LogP contribution >= 0.6 is 0 Å².